The van der Waals surface area contributed by atoms with E-state index < -0.39 is 5.97 Å². The molecule has 0 unspecified atom stereocenters. The van der Waals surface area contributed by atoms with Crippen molar-refractivity contribution in [2.75, 3.05) is 13.7 Å². The van der Waals surface area contributed by atoms with Gasteiger partial charge in [0.05, 0.1) is 13.7 Å². The molecule has 98 valence electrons. The van der Waals surface area contributed by atoms with Crippen molar-refractivity contribution < 1.29 is 24.2 Å². The van der Waals surface area contributed by atoms with Gasteiger partial charge in [0.15, 0.2) is 0 Å². The van der Waals surface area contributed by atoms with E-state index in [9.17, 15) is 9.59 Å². The minimum Gasteiger partial charge on any atom is -0.496 e. The van der Waals surface area contributed by atoms with Crippen LogP contribution in [0, 0.1) is 0 Å². The summed E-state index contributed by atoms with van der Waals surface area (Å²) < 4.78 is 10.3. The number of carboxylic acid groups (broad SMARTS) is 1. The van der Waals surface area contributed by atoms with Gasteiger partial charge in [-0.3, -0.25) is 4.79 Å². The molecule has 1 rings (SSSR count). The van der Waals surface area contributed by atoms with Gasteiger partial charge in [0.25, 0.3) is 0 Å². The van der Waals surface area contributed by atoms with Gasteiger partial charge in [-0.2, -0.15) is 0 Å². The molecule has 0 heterocycles. The van der Waals surface area contributed by atoms with Crippen LogP contribution in [0.4, 0.5) is 0 Å². The normalized spacial score (nSPS) is 9.83. The van der Waals surface area contributed by atoms with Crippen LogP contribution in [-0.2, 0) is 4.79 Å². The first-order valence-electron chi connectivity index (χ1n) is 5.37. The number of aromatic carboxylic acids is 1. The molecule has 0 spiro atoms. The third-order valence-corrected chi connectivity index (χ3v) is 2.24. The van der Waals surface area contributed by atoms with E-state index in [0.717, 1.165) is 0 Å². The first-order valence-corrected chi connectivity index (χ1v) is 5.37. The molecule has 6 nitrogen and oxygen atoms in total. The molecule has 1 aromatic carbocycles. The zero-order valence-electron chi connectivity index (χ0n) is 10.0. The van der Waals surface area contributed by atoms with Gasteiger partial charge in [0.2, 0.25) is 5.91 Å². The number of primary amides is 1. The molecule has 1 aromatic rings. The minimum absolute atomic E-state index is 0.0713. The summed E-state index contributed by atoms with van der Waals surface area (Å²) in [6.45, 7) is 0.332. The van der Waals surface area contributed by atoms with Gasteiger partial charge in [-0.1, -0.05) is 0 Å². The molecule has 0 aliphatic heterocycles. The highest BCUT2D eigenvalue weighted by atomic mass is 16.5. The van der Waals surface area contributed by atoms with E-state index in [1.165, 1.54) is 25.3 Å². The van der Waals surface area contributed by atoms with Gasteiger partial charge in [-0.05, 0) is 18.6 Å². The van der Waals surface area contributed by atoms with Crippen molar-refractivity contribution in [3.05, 3.63) is 23.8 Å². The number of benzene rings is 1. The Morgan fingerprint density at radius 1 is 1.39 bits per heavy atom. The number of methoxy groups -OCH3 is 1. The highest BCUT2D eigenvalue weighted by molar-refractivity contribution is 5.91. The third kappa shape index (κ3) is 3.97. The monoisotopic (exact) mass is 253 g/mol. The number of rotatable bonds is 7. The summed E-state index contributed by atoms with van der Waals surface area (Å²) in [5.41, 5.74) is 5.06. The van der Waals surface area contributed by atoms with Crippen molar-refractivity contribution in [3.63, 3.8) is 0 Å². The second-order valence-corrected chi connectivity index (χ2v) is 3.59. The van der Waals surface area contributed by atoms with Gasteiger partial charge in [0, 0.05) is 12.5 Å². The van der Waals surface area contributed by atoms with Crippen molar-refractivity contribution in [2.45, 2.75) is 12.8 Å². The summed E-state index contributed by atoms with van der Waals surface area (Å²) in [5, 5.41) is 8.89. The van der Waals surface area contributed by atoms with Crippen molar-refractivity contribution in [2.24, 2.45) is 5.73 Å². The molecule has 0 saturated heterocycles. The summed E-state index contributed by atoms with van der Waals surface area (Å²) >= 11 is 0. The first-order chi connectivity index (χ1) is 8.54. The Balaban J connectivity index is 2.62. The van der Waals surface area contributed by atoms with E-state index in [0.29, 0.717) is 18.8 Å². The summed E-state index contributed by atoms with van der Waals surface area (Å²) in [6.07, 6.45) is 0.767. The van der Waals surface area contributed by atoms with Crippen LogP contribution in [0.5, 0.6) is 11.5 Å². The number of carbonyl (C=O) groups is 2. The molecular weight excluding hydrogens is 238 g/mol. The topological polar surface area (TPSA) is 98.9 Å². The number of carbonyl (C=O) groups excluding carboxylic acids is 1. The Morgan fingerprint density at radius 3 is 2.67 bits per heavy atom. The number of hydrogen-bond donors (Lipinski definition) is 2. The van der Waals surface area contributed by atoms with Crippen LogP contribution in [0.2, 0.25) is 0 Å². The van der Waals surface area contributed by atoms with Gasteiger partial charge in [-0.15, -0.1) is 0 Å². The summed E-state index contributed by atoms with van der Waals surface area (Å²) in [5.74, 6) is -0.722. The molecule has 0 saturated carbocycles. The Bertz CT molecular complexity index is 444. The highest BCUT2D eigenvalue weighted by Gasteiger charge is 2.11. The van der Waals surface area contributed by atoms with Gasteiger partial charge < -0.3 is 20.3 Å². The second kappa shape index (κ2) is 6.48. The minimum atomic E-state index is -1.06. The molecule has 18 heavy (non-hydrogen) atoms. The molecule has 0 aromatic heterocycles. The van der Waals surface area contributed by atoms with Crippen LogP contribution < -0.4 is 15.2 Å². The summed E-state index contributed by atoms with van der Waals surface area (Å²) in [4.78, 5) is 21.4. The molecule has 3 N–H and O–H groups in total. The van der Waals surface area contributed by atoms with Crippen LogP contribution in [-0.4, -0.2) is 30.7 Å². The zero-order chi connectivity index (χ0) is 13.5. The van der Waals surface area contributed by atoms with Gasteiger partial charge in [-0.25, -0.2) is 4.79 Å². The van der Waals surface area contributed by atoms with E-state index in [2.05, 4.69) is 0 Å². The Morgan fingerprint density at radius 2 is 2.11 bits per heavy atom. The van der Waals surface area contributed by atoms with Crippen LogP contribution in [0.1, 0.15) is 23.2 Å². The fourth-order valence-electron chi connectivity index (χ4n) is 1.37. The number of carboxylic acids is 1. The predicted molar refractivity (Wildman–Crippen MR) is 63.9 cm³/mol. The lowest BCUT2D eigenvalue weighted by Gasteiger charge is -2.09. The largest absolute Gasteiger partial charge is 0.496 e. The van der Waals surface area contributed by atoms with Crippen molar-refractivity contribution >= 4 is 11.9 Å². The molecule has 0 radical (unpaired) electrons. The van der Waals surface area contributed by atoms with Crippen LogP contribution in [0.3, 0.4) is 0 Å². The lowest BCUT2D eigenvalue weighted by Crippen LogP contribution is -2.11. The van der Waals surface area contributed by atoms with Crippen LogP contribution in [0.15, 0.2) is 18.2 Å². The SMILES string of the molecule is COc1cc(OCCCC(N)=O)ccc1C(=O)O. The molecule has 0 aliphatic carbocycles. The van der Waals surface area contributed by atoms with Crippen LogP contribution >= 0.6 is 0 Å². The van der Waals surface area contributed by atoms with Gasteiger partial charge in [0.1, 0.15) is 17.1 Å². The van der Waals surface area contributed by atoms with E-state index >= 15 is 0 Å². The number of hydrogen-bond acceptors (Lipinski definition) is 4. The fraction of sp³-hybridized carbons (Fsp3) is 0.333. The first kappa shape index (κ1) is 13.8. The number of ether oxygens (including phenoxy) is 2. The second-order valence-electron chi connectivity index (χ2n) is 3.59. The van der Waals surface area contributed by atoms with E-state index in [1.807, 2.05) is 0 Å². The van der Waals surface area contributed by atoms with E-state index in [4.69, 9.17) is 20.3 Å². The smallest absolute Gasteiger partial charge is 0.339 e. The third-order valence-electron chi connectivity index (χ3n) is 2.24. The molecule has 6 heteroatoms. The molecule has 0 aliphatic rings. The maximum Gasteiger partial charge on any atom is 0.339 e. The number of nitrogens with two attached hydrogens (primary N) is 1. The zero-order valence-corrected chi connectivity index (χ0v) is 10.0. The molecule has 0 fully saturated rings. The summed E-state index contributed by atoms with van der Waals surface area (Å²) in [7, 11) is 1.39. The van der Waals surface area contributed by atoms with Crippen molar-refractivity contribution in [1.29, 1.82) is 0 Å². The maximum atomic E-state index is 10.9. The Labute approximate surface area is 104 Å². The molecule has 0 atom stereocenters. The van der Waals surface area contributed by atoms with Crippen molar-refractivity contribution in [1.82, 2.24) is 0 Å². The fourth-order valence-corrected chi connectivity index (χ4v) is 1.37. The quantitative estimate of drug-likeness (QED) is 0.707. The lowest BCUT2D eigenvalue weighted by atomic mass is 10.2. The van der Waals surface area contributed by atoms with Crippen LogP contribution in [0.25, 0.3) is 0 Å². The Kier molecular flexibility index (Phi) is 4.98. The molecule has 1 amide bonds. The predicted octanol–water partition coefficient (Wildman–Crippen LogP) is 1.04. The molecule has 0 bridgehead atoms. The average molecular weight is 253 g/mol. The standard InChI is InChI=1S/C12H15NO5/c1-17-10-7-8(4-5-9(10)12(15)16)18-6-2-3-11(13)14/h4-5,7H,2-3,6H2,1H3,(H2,13,14)(H,15,16). The number of amides is 1. The highest BCUT2D eigenvalue weighted by Crippen LogP contribution is 2.24. The van der Waals surface area contributed by atoms with E-state index in [1.54, 1.807) is 0 Å². The lowest BCUT2D eigenvalue weighted by molar-refractivity contribution is -0.118. The molecular formula is C12H15NO5. The Hall–Kier alpha value is -2.24. The van der Waals surface area contributed by atoms with Gasteiger partial charge >= 0.3 is 5.97 Å². The van der Waals surface area contributed by atoms with Crippen molar-refractivity contribution in [3.8, 4) is 11.5 Å². The van der Waals surface area contributed by atoms with E-state index in [-0.39, 0.29) is 23.6 Å². The average Bonchev–Trinajstić information content (AvgIpc) is 2.33. The summed E-state index contributed by atoms with van der Waals surface area (Å²) in [6, 6.07) is 4.44. The maximum absolute atomic E-state index is 10.9.